The summed E-state index contributed by atoms with van der Waals surface area (Å²) in [6.45, 7) is 0. The van der Waals surface area contributed by atoms with Gasteiger partial charge in [0.05, 0.1) is 45.2 Å². The molecule has 0 fully saturated rings. The highest BCUT2D eigenvalue weighted by atomic mass is 35.5. The van der Waals surface area contributed by atoms with Crippen molar-refractivity contribution >= 4 is 62.9 Å². The highest BCUT2D eigenvalue weighted by Gasteiger charge is 2.42. The number of nitrogens with one attached hydrogen (secondary N) is 1. The summed E-state index contributed by atoms with van der Waals surface area (Å²) in [5, 5.41) is 32.4. The largest absolute Gasteiger partial charge is 0.468 e. The number of carbonyl (C=O) groups is 2. The molecule has 0 radical (unpaired) electrons. The molecule has 3 N–H and O–H groups in total. The number of non-ortho nitro benzene ring substituents is 1. The molecule has 1 aliphatic carbocycles. The van der Waals surface area contributed by atoms with Crippen molar-refractivity contribution < 1.29 is 18.9 Å². The number of allylic oxidation sites excluding steroid dienone is 3. The lowest BCUT2D eigenvalue weighted by Gasteiger charge is -2.37. The van der Waals surface area contributed by atoms with Gasteiger partial charge in [0.15, 0.2) is 10.1 Å². The first-order valence-corrected chi connectivity index (χ1v) is 13.7. The molecule has 1 aliphatic heterocycles. The number of thioether (sulfide) groups is 1. The van der Waals surface area contributed by atoms with E-state index in [9.17, 15) is 25.0 Å². The smallest absolute Gasteiger partial charge is 0.271 e. The zero-order chi connectivity index (χ0) is 27.7. The van der Waals surface area contributed by atoms with E-state index in [2.05, 4.69) is 21.6 Å². The van der Waals surface area contributed by atoms with Gasteiger partial charge in [0.1, 0.15) is 11.6 Å². The molecule has 2 aromatic heterocycles. The number of amides is 1. The van der Waals surface area contributed by atoms with E-state index in [1.54, 1.807) is 17.0 Å². The Labute approximate surface area is 234 Å². The maximum absolute atomic E-state index is 13.1. The molecule has 5 rings (SSSR count). The van der Waals surface area contributed by atoms with Gasteiger partial charge in [0, 0.05) is 29.8 Å². The number of nitrogens with zero attached hydrogens (tertiary/aromatic N) is 5. The number of halogens is 1. The minimum absolute atomic E-state index is 0.0740. The summed E-state index contributed by atoms with van der Waals surface area (Å²) < 4.78 is 6.00. The van der Waals surface area contributed by atoms with Gasteiger partial charge in [-0.1, -0.05) is 34.7 Å². The Morgan fingerprint density at radius 3 is 2.92 bits per heavy atom. The van der Waals surface area contributed by atoms with Gasteiger partial charge in [0.2, 0.25) is 11.0 Å². The number of nitro groups is 1. The molecule has 12 nitrogen and oxygen atoms in total. The number of Topliss-reactive ketones (excluding diaryl/α,β-unsaturated/α-hetero) is 1. The molecule has 0 saturated carbocycles. The fourth-order valence-corrected chi connectivity index (χ4v) is 6.28. The molecule has 1 unspecified atom stereocenters. The second-order valence-electron chi connectivity index (χ2n) is 8.44. The second kappa shape index (κ2) is 10.9. The summed E-state index contributed by atoms with van der Waals surface area (Å²) in [6.07, 6.45) is 3.00. The Balaban J connectivity index is 1.37. The van der Waals surface area contributed by atoms with Crippen molar-refractivity contribution in [3.63, 3.8) is 0 Å². The van der Waals surface area contributed by atoms with Crippen molar-refractivity contribution in [3.8, 4) is 6.07 Å². The van der Waals surface area contributed by atoms with Crippen LogP contribution in [-0.2, 0) is 9.59 Å². The molecule has 198 valence electrons. The van der Waals surface area contributed by atoms with Crippen LogP contribution < -0.4 is 16.0 Å². The summed E-state index contributed by atoms with van der Waals surface area (Å²) >= 11 is 8.30. The normalized spacial score (nSPS) is 17.2. The molecule has 0 spiro atoms. The first-order chi connectivity index (χ1) is 18.8. The van der Waals surface area contributed by atoms with Crippen LogP contribution in [0.4, 0.5) is 16.5 Å². The van der Waals surface area contributed by atoms with Crippen molar-refractivity contribution in [1.82, 2.24) is 10.2 Å². The first-order valence-electron chi connectivity index (χ1n) is 11.5. The third-order valence-electron chi connectivity index (χ3n) is 6.09. The fraction of sp³-hybridized carbons (Fsp3) is 0.208. The number of nitro benzene ring substituents is 1. The number of anilines is 2. The van der Waals surface area contributed by atoms with Crippen LogP contribution in [0.5, 0.6) is 0 Å². The molecular weight excluding hydrogens is 566 g/mol. The average Bonchev–Trinajstić information content (AvgIpc) is 3.61. The van der Waals surface area contributed by atoms with Crippen LogP contribution in [0.15, 0.2) is 68.0 Å². The van der Waals surface area contributed by atoms with E-state index >= 15 is 0 Å². The van der Waals surface area contributed by atoms with Crippen LogP contribution in [0, 0.1) is 21.4 Å². The van der Waals surface area contributed by atoms with Gasteiger partial charge < -0.3 is 15.5 Å². The van der Waals surface area contributed by atoms with Crippen molar-refractivity contribution in [2.24, 2.45) is 5.73 Å². The van der Waals surface area contributed by atoms with Crippen molar-refractivity contribution in [2.45, 2.75) is 29.5 Å². The highest BCUT2D eigenvalue weighted by molar-refractivity contribution is 8.01. The van der Waals surface area contributed by atoms with Crippen LogP contribution in [0.2, 0.25) is 5.02 Å². The SMILES string of the molecule is N#CC1=C(N)N(c2nnc(SCC(=O)Nc3cc([N+](=O)[O-])ccc3Cl)s2)C2=C(C(=O)CCC2)C1c1ccco1. The molecular formula is C24H18ClN7O5S2. The number of ketones is 1. The quantitative estimate of drug-likeness (QED) is 0.223. The summed E-state index contributed by atoms with van der Waals surface area (Å²) in [4.78, 5) is 37.6. The number of furan rings is 1. The van der Waals surface area contributed by atoms with E-state index in [4.69, 9.17) is 21.8 Å². The Bertz CT molecular complexity index is 1590. The number of nitrogens with two attached hydrogens (primary N) is 1. The zero-order valence-electron chi connectivity index (χ0n) is 19.9. The number of hydrogen-bond acceptors (Lipinski definition) is 12. The van der Waals surface area contributed by atoms with Gasteiger partial charge in [0.25, 0.3) is 5.69 Å². The zero-order valence-corrected chi connectivity index (χ0v) is 22.3. The average molecular weight is 584 g/mol. The minimum Gasteiger partial charge on any atom is -0.468 e. The molecule has 1 atom stereocenters. The third kappa shape index (κ3) is 5.11. The van der Waals surface area contributed by atoms with Crippen LogP contribution in [0.3, 0.4) is 0 Å². The molecule has 1 aromatic carbocycles. The number of benzene rings is 1. The maximum atomic E-state index is 13.1. The van der Waals surface area contributed by atoms with E-state index < -0.39 is 16.7 Å². The summed E-state index contributed by atoms with van der Waals surface area (Å²) in [5.74, 6) is -0.713. The number of hydrogen-bond donors (Lipinski definition) is 2. The van der Waals surface area contributed by atoms with E-state index in [-0.39, 0.29) is 39.3 Å². The minimum atomic E-state index is -0.699. The Hall–Kier alpha value is -4.19. The molecule has 15 heteroatoms. The predicted molar refractivity (Wildman–Crippen MR) is 144 cm³/mol. The van der Waals surface area contributed by atoms with E-state index in [0.717, 1.165) is 23.1 Å². The Morgan fingerprint density at radius 1 is 1.38 bits per heavy atom. The summed E-state index contributed by atoms with van der Waals surface area (Å²) in [5.41, 5.74) is 7.68. The standard InChI is InChI=1S/C24H18ClN7O5S2/c25-14-7-6-12(32(35)36)9-15(14)28-19(34)11-38-24-30-29-23(39-24)31-16-3-1-4-17(33)21(16)20(13(10-26)22(31)27)18-5-2-8-37-18/h2,5-9,20H,1,3-4,11,27H2,(H,28,34). The Morgan fingerprint density at radius 2 is 2.21 bits per heavy atom. The van der Waals surface area contributed by atoms with Crippen molar-refractivity contribution in [1.29, 1.82) is 5.26 Å². The van der Waals surface area contributed by atoms with Gasteiger partial charge in [-0.2, -0.15) is 5.26 Å². The van der Waals surface area contributed by atoms with Crippen LogP contribution >= 0.6 is 34.7 Å². The van der Waals surface area contributed by atoms with Gasteiger partial charge in [-0.15, -0.1) is 10.2 Å². The van der Waals surface area contributed by atoms with Crippen LogP contribution in [0.1, 0.15) is 30.9 Å². The van der Waals surface area contributed by atoms with Gasteiger partial charge >= 0.3 is 0 Å². The van der Waals surface area contributed by atoms with Gasteiger partial charge in [-0.3, -0.25) is 24.6 Å². The van der Waals surface area contributed by atoms with E-state index in [1.165, 1.54) is 24.5 Å². The topological polar surface area (TPSA) is 181 Å². The lowest BCUT2D eigenvalue weighted by molar-refractivity contribution is -0.384. The first kappa shape index (κ1) is 26.4. The Kier molecular flexibility index (Phi) is 7.38. The number of aromatic nitrogens is 2. The van der Waals surface area contributed by atoms with Crippen molar-refractivity contribution in [3.05, 3.63) is 80.2 Å². The fourth-order valence-electron chi connectivity index (χ4n) is 4.43. The lowest BCUT2D eigenvalue weighted by atomic mass is 9.78. The molecule has 2 aliphatic rings. The van der Waals surface area contributed by atoms with E-state index in [1.807, 2.05) is 0 Å². The van der Waals surface area contributed by atoms with Crippen molar-refractivity contribution in [2.75, 3.05) is 16.0 Å². The van der Waals surface area contributed by atoms with Crippen LogP contribution in [-0.4, -0.2) is 32.6 Å². The molecule has 39 heavy (non-hydrogen) atoms. The molecule has 3 heterocycles. The molecule has 0 saturated heterocycles. The number of nitriles is 1. The molecule has 1 amide bonds. The number of rotatable bonds is 7. The van der Waals surface area contributed by atoms with Gasteiger partial charge in [-0.05, 0) is 31.0 Å². The highest BCUT2D eigenvalue weighted by Crippen LogP contribution is 2.47. The summed E-state index contributed by atoms with van der Waals surface area (Å²) in [6, 6.07) is 9.30. The number of carbonyl (C=O) groups excluding carboxylic acids is 2. The molecule has 0 bridgehead atoms. The summed E-state index contributed by atoms with van der Waals surface area (Å²) in [7, 11) is 0. The van der Waals surface area contributed by atoms with Gasteiger partial charge in [-0.25, -0.2) is 0 Å². The third-order valence-corrected chi connectivity index (χ3v) is 8.46. The maximum Gasteiger partial charge on any atom is 0.271 e. The molecule has 3 aromatic rings. The monoisotopic (exact) mass is 583 g/mol. The van der Waals surface area contributed by atoms with Crippen LogP contribution in [0.25, 0.3) is 0 Å². The lowest BCUT2D eigenvalue weighted by Crippen LogP contribution is -2.38. The second-order valence-corrected chi connectivity index (χ2v) is 11.0. The van der Waals surface area contributed by atoms with E-state index in [0.29, 0.717) is 45.8 Å². The predicted octanol–water partition coefficient (Wildman–Crippen LogP) is 4.73.